The molecule has 34 heteroatoms. The van der Waals surface area contributed by atoms with Crippen LogP contribution in [0, 0.1) is 0 Å². The van der Waals surface area contributed by atoms with Crippen LogP contribution >= 0.6 is 0 Å². The summed E-state index contributed by atoms with van der Waals surface area (Å²) in [6.45, 7) is -2.75. The smallest absolute Gasteiger partial charge is 0.217 e. The molecular weight excluding hydrogens is 1040 g/mol. The molecule has 0 aromatic rings. The molecule has 0 aromatic carbocycles. The highest BCUT2D eigenvalue weighted by atomic mass is 16.8. The number of aliphatic hydroxyl groups excluding tert-OH is 17. The number of carbonyl (C=O) groups excluding carboxylic acids is 3. The Kier molecular flexibility index (Phi) is 22.3. The van der Waals surface area contributed by atoms with Crippen LogP contribution in [0.5, 0.6) is 0 Å². The van der Waals surface area contributed by atoms with Crippen LogP contribution in [0.25, 0.3) is 0 Å². The lowest BCUT2D eigenvalue weighted by Crippen LogP contribution is -2.71. The third-order valence-corrected chi connectivity index (χ3v) is 13.6. The molecule has 3 amide bonds. The van der Waals surface area contributed by atoms with Crippen LogP contribution in [-0.4, -0.2) is 328 Å². The number of nitrogens with one attached hydrogen (secondary N) is 3. The van der Waals surface area contributed by atoms with Crippen molar-refractivity contribution in [1.82, 2.24) is 16.0 Å². The van der Waals surface area contributed by atoms with Crippen molar-refractivity contribution in [2.45, 2.75) is 205 Å². The van der Waals surface area contributed by atoms with Crippen LogP contribution in [0.2, 0.25) is 0 Å². The van der Waals surface area contributed by atoms with Crippen molar-refractivity contribution >= 4 is 17.7 Å². The SMILES string of the molecule is CC(=O)N[C@@H]1[C@@H](O[C@@H]2O[C@H](CO)[C@H](O)[C@H](O[C@@H]3O[C@H](CO)[C@@H](O[C@@H]4O[C@H](CO)[C@H](O)[C@H](O[C@@H]5O[C@H](CO)[C@@H](O[C@@H]6O[C@H](CO)[C@H](O)[C@H](O)[C@H]6O)[C@H](O)[C@H]5NC(C)=O)[C@H]4O)[C@H](O)[C@H]3NC(C)=O)[C@H]2O)[C@@H](O)[C@@H](CO)O[C@@H]1O. The quantitative estimate of drug-likeness (QED) is 0.0571. The van der Waals surface area contributed by atoms with E-state index in [9.17, 15) is 101 Å². The molecule has 0 unspecified atom stereocenters. The Bertz CT molecular complexity index is 1870. The summed E-state index contributed by atoms with van der Waals surface area (Å²) >= 11 is 0. The van der Waals surface area contributed by atoms with E-state index in [1.54, 1.807) is 0 Å². The van der Waals surface area contributed by atoms with Gasteiger partial charge in [-0.2, -0.15) is 0 Å². The zero-order chi connectivity index (χ0) is 56.2. The molecule has 6 heterocycles. The monoisotopic (exact) mass is 1110 g/mol. The van der Waals surface area contributed by atoms with Crippen molar-refractivity contribution in [3.63, 3.8) is 0 Å². The number of rotatable bonds is 19. The summed E-state index contributed by atoms with van der Waals surface area (Å²) in [4.78, 5) is 37.2. The second kappa shape index (κ2) is 27.2. The minimum Gasteiger partial charge on any atom is -0.394 e. The first-order valence-electron chi connectivity index (χ1n) is 24.1. The van der Waals surface area contributed by atoms with Crippen molar-refractivity contribution in [2.75, 3.05) is 39.6 Å². The highest BCUT2D eigenvalue weighted by molar-refractivity contribution is 5.74. The Morgan fingerprint density at radius 3 is 0.974 bits per heavy atom. The average molecular weight is 1110 g/mol. The summed E-state index contributed by atoms with van der Waals surface area (Å²) in [5.74, 6) is -2.44. The number of amides is 3. The zero-order valence-corrected chi connectivity index (χ0v) is 40.9. The molecule has 0 spiro atoms. The summed E-state index contributed by atoms with van der Waals surface area (Å²) in [6.07, 6.45) is -51.0. The van der Waals surface area contributed by atoms with E-state index in [0.717, 1.165) is 20.8 Å². The Balaban J connectivity index is 1.21. The molecule has 0 saturated carbocycles. The third-order valence-electron chi connectivity index (χ3n) is 13.6. The van der Waals surface area contributed by atoms with E-state index >= 15 is 0 Å². The first-order valence-corrected chi connectivity index (χ1v) is 24.1. The molecule has 30 atom stereocenters. The van der Waals surface area contributed by atoms with Crippen molar-refractivity contribution < 1.29 is 153 Å². The van der Waals surface area contributed by atoms with Gasteiger partial charge < -0.3 is 155 Å². The van der Waals surface area contributed by atoms with E-state index in [1.807, 2.05) is 0 Å². The van der Waals surface area contributed by atoms with Gasteiger partial charge in [-0.25, -0.2) is 0 Å². The Hall–Kier alpha value is -2.71. The third kappa shape index (κ3) is 13.5. The number of hydrogen-bond acceptors (Lipinski definition) is 31. The van der Waals surface area contributed by atoms with Crippen molar-refractivity contribution in [2.24, 2.45) is 0 Å². The fraction of sp³-hybridized carbons (Fsp3) is 0.929. The highest BCUT2D eigenvalue weighted by Crippen LogP contribution is 2.37. The second-order valence-corrected chi connectivity index (χ2v) is 19.0. The number of aliphatic hydroxyl groups is 17. The Morgan fingerprint density at radius 1 is 0.316 bits per heavy atom. The minimum absolute atomic E-state index is 0.739. The Morgan fingerprint density at radius 2 is 0.605 bits per heavy atom. The molecule has 0 bridgehead atoms. The van der Waals surface area contributed by atoms with Crippen LogP contribution < -0.4 is 16.0 Å². The lowest BCUT2D eigenvalue weighted by atomic mass is 9.93. The van der Waals surface area contributed by atoms with Crippen molar-refractivity contribution in [3.8, 4) is 0 Å². The fourth-order valence-electron chi connectivity index (χ4n) is 9.72. The van der Waals surface area contributed by atoms with Crippen LogP contribution in [0.3, 0.4) is 0 Å². The molecule has 0 aliphatic carbocycles. The van der Waals surface area contributed by atoms with E-state index in [1.165, 1.54) is 0 Å². The zero-order valence-electron chi connectivity index (χ0n) is 40.9. The maximum Gasteiger partial charge on any atom is 0.217 e. The van der Waals surface area contributed by atoms with E-state index in [2.05, 4.69) is 16.0 Å². The van der Waals surface area contributed by atoms with Crippen molar-refractivity contribution in [1.29, 1.82) is 0 Å². The van der Waals surface area contributed by atoms with E-state index in [0.29, 0.717) is 0 Å². The molecular formula is C42H71N3O31. The minimum atomic E-state index is -2.22. The summed E-state index contributed by atoms with van der Waals surface area (Å²) < 4.78 is 62.9. The van der Waals surface area contributed by atoms with Gasteiger partial charge in [0.15, 0.2) is 37.7 Å². The van der Waals surface area contributed by atoms with Crippen molar-refractivity contribution in [3.05, 3.63) is 0 Å². The van der Waals surface area contributed by atoms with Gasteiger partial charge in [-0.1, -0.05) is 0 Å². The van der Waals surface area contributed by atoms with Gasteiger partial charge in [0.05, 0.1) is 39.6 Å². The Labute approximate surface area is 431 Å². The first kappa shape index (κ1) is 62.5. The van der Waals surface area contributed by atoms with Crippen LogP contribution in [0.4, 0.5) is 0 Å². The molecule has 6 rings (SSSR count). The molecule has 0 aromatic heterocycles. The normalized spacial score (nSPS) is 48.2. The van der Waals surface area contributed by atoms with Crippen LogP contribution in [0.1, 0.15) is 20.8 Å². The highest BCUT2D eigenvalue weighted by Gasteiger charge is 2.58. The maximum absolute atomic E-state index is 12.6. The van der Waals surface area contributed by atoms with Gasteiger partial charge in [-0.3, -0.25) is 14.4 Å². The van der Waals surface area contributed by atoms with Gasteiger partial charge in [0.25, 0.3) is 0 Å². The lowest BCUT2D eigenvalue weighted by molar-refractivity contribution is -0.385. The van der Waals surface area contributed by atoms with E-state index in [-0.39, 0.29) is 0 Å². The molecule has 6 aliphatic rings. The topological polar surface area (TPSA) is 533 Å². The lowest BCUT2D eigenvalue weighted by Gasteiger charge is -2.51. The maximum atomic E-state index is 12.6. The summed E-state index contributed by atoms with van der Waals surface area (Å²) in [6, 6.07) is -5.11. The summed E-state index contributed by atoms with van der Waals surface area (Å²) in [7, 11) is 0. The molecule has 34 nitrogen and oxygen atoms in total. The first-order chi connectivity index (χ1) is 35.9. The largest absolute Gasteiger partial charge is 0.394 e. The summed E-state index contributed by atoms with van der Waals surface area (Å²) in [5.41, 5.74) is 0. The van der Waals surface area contributed by atoms with Gasteiger partial charge in [-0.15, -0.1) is 0 Å². The summed E-state index contributed by atoms with van der Waals surface area (Å²) in [5, 5.41) is 190. The van der Waals surface area contributed by atoms with Gasteiger partial charge in [0.2, 0.25) is 17.7 Å². The number of ether oxygens (including phenoxy) is 11. The standard InChI is InChI=1S/C42H71N3O31/c1-10(52)43-19-26(59)32(72-40-29(62)28(61)22(55)13(4-46)67-40)17(8-50)70-38(19)75-35-24(57)15(6-48)68-41(30(35)63)73-33-18(9-51)71-39(20(27(33)60)44-11(2)53)76-36-25(58)16(7-49)69-42(31(36)64)74-34-21(45-12(3)54)37(65)66-14(5-47)23(34)56/h13-42,46-51,55-65H,4-9H2,1-3H3,(H,43,52)(H,44,53)(H,45,54)/t13-,14-,15-,16-,17-,18-,19-,20-,21-,22+,23+,24+,25+,26-,27-,28+,29-,30-,31-,32-,33-,34-,35+,36+,37+,38+,39+,40+,41+,42+/m1/s1. The molecule has 0 radical (unpaired) electrons. The van der Waals surface area contributed by atoms with Gasteiger partial charge in [-0.05, 0) is 0 Å². The molecule has 76 heavy (non-hydrogen) atoms. The molecule has 6 fully saturated rings. The van der Waals surface area contributed by atoms with E-state index in [4.69, 9.17) is 52.1 Å². The number of hydrogen-bond donors (Lipinski definition) is 20. The van der Waals surface area contributed by atoms with Gasteiger partial charge in [0.1, 0.15) is 146 Å². The average Bonchev–Trinajstić information content (AvgIpc) is 3.37. The van der Waals surface area contributed by atoms with E-state index < -0.39 is 241 Å². The second-order valence-electron chi connectivity index (χ2n) is 19.0. The predicted octanol–water partition coefficient (Wildman–Crippen LogP) is -13.7. The van der Waals surface area contributed by atoms with Crippen LogP contribution in [0.15, 0.2) is 0 Å². The molecule has 6 saturated heterocycles. The van der Waals surface area contributed by atoms with Gasteiger partial charge >= 0.3 is 0 Å². The number of carbonyl (C=O) groups is 3. The predicted molar refractivity (Wildman–Crippen MR) is 234 cm³/mol. The van der Waals surface area contributed by atoms with Gasteiger partial charge in [0, 0.05) is 20.8 Å². The fourth-order valence-corrected chi connectivity index (χ4v) is 9.72. The molecule has 440 valence electrons. The van der Waals surface area contributed by atoms with Crippen LogP contribution in [-0.2, 0) is 66.5 Å². The molecule has 6 aliphatic heterocycles. The molecule has 20 N–H and O–H groups in total.